The lowest BCUT2D eigenvalue weighted by atomic mass is 10.2. The number of nitrogens with zero attached hydrogens (tertiary/aromatic N) is 3. The van der Waals surface area contributed by atoms with Crippen LogP contribution in [0.2, 0.25) is 0 Å². The van der Waals surface area contributed by atoms with Crippen molar-refractivity contribution in [3.63, 3.8) is 0 Å². The van der Waals surface area contributed by atoms with Crippen molar-refractivity contribution in [3.05, 3.63) is 57.5 Å². The summed E-state index contributed by atoms with van der Waals surface area (Å²) in [5.41, 5.74) is 2.21. The zero-order chi connectivity index (χ0) is 20.4. The summed E-state index contributed by atoms with van der Waals surface area (Å²) in [5, 5.41) is 7.14. The lowest BCUT2D eigenvalue weighted by molar-refractivity contribution is 0.0951. The molecule has 0 radical (unpaired) electrons. The molecule has 1 aromatic carbocycles. The molecular weight excluding hydrogens is 392 g/mol. The number of aryl methyl sites for hydroxylation is 2. The molecule has 29 heavy (non-hydrogen) atoms. The number of hydrogen-bond acceptors (Lipinski definition) is 5. The minimum absolute atomic E-state index is 0.156. The molecule has 9 heteroatoms. The van der Waals surface area contributed by atoms with Gasteiger partial charge in [-0.3, -0.25) is 9.59 Å². The lowest BCUT2D eigenvalue weighted by Gasteiger charge is -2.15. The van der Waals surface area contributed by atoms with E-state index in [1.807, 2.05) is 0 Å². The number of aromatic nitrogens is 2. The third kappa shape index (κ3) is 4.11. The Kier molecular flexibility index (Phi) is 5.51. The van der Waals surface area contributed by atoms with Crippen LogP contribution in [0.5, 0.6) is 0 Å². The average molecular weight is 417 g/mol. The van der Waals surface area contributed by atoms with Crippen LogP contribution in [0.25, 0.3) is 0 Å². The van der Waals surface area contributed by atoms with E-state index in [0.717, 1.165) is 43.4 Å². The Hall–Kier alpha value is -2.52. The Bertz CT molecular complexity index is 1070. The molecule has 0 saturated carbocycles. The van der Waals surface area contributed by atoms with E-state index in [2.05, 4.69) is 10.4 Å². The molecule has 1 saturated heterocycles. The maximum absolute atomic E-state index is 12.5. The van der Waals surface area contributed by atoms with Gasteiger partial charge in [0.15, 0.2) is 0 Å². The van der Waals surface area contributed by atoms with E-state index in [1.165, 1.54) is 33.3 Å². The first-order chi connectivity index (χ1) is 13.9. The summed E-state index contributed by atoms with van der Waals surface area (Å²) in [7, 11) is -3.49. The third-order valence-electron chi connectivity index (χ3n) is 5.45. The molecule has 1 aliphatic carbocycles. The fourth-order valence-electron chi connectivity index (χ4n) is 3.83. The van der Waals surface area contributed by atoms with Crippen LogP contribution in [-0.4, -0.2) is 48.0 Å². The van der Waals surface area contributed by atoms with Crippen LogP contribution in [0.3, 0.4) is 0 Å². The van der Waals surface area contributed by atoms with Crippen LogP contribution in [0.15, 0.2) is 40.0 Å². The van der Waals surface area contributed by atoms with Crippen molar-refractivity contribution < 1.29 is 13.2 Å². The Labute approximate surface area is 169 Å². The lowest BCUT2D eigenvalue weighted by Crippen LogP contribution is -2.32. The molecule has 1 fully saturated rings. The predicted octanol–water partition coefficient (Wildman–Crippen LogP) is 0.946. The third-order valence-corrected chi connectivity index (χ3v) is 7.37. The van der Waals surface area contributed by atoms with Crippen molar-refractivity contribution in [1.82, 2.24) is 19.4 Å². The largest absolute Gasteiger partial charge is 0.350 e. The Morgan fingerprint density at radius 2 is 1.79 bits per heavy atom. The van der Waals surface area contributed by atoms with Gasteiger partial charge < -0.3 is 5.32 Å². The first-order valence-electron chi connectivity index (χ1n) is 9.93. The van der Waals surface area contributed by atoms with Gasteiger partial charge in [0.1, 0.15) is 0 Å². The molecule has 0 bridgehead atoms. The molecule has 2 heterocycles. The van der Waals surface area contributed by atoms with Crippen molar-refractivity contribution in [2.24, 2.45) is 0 Å². The number of amides is 1. The zero-order valence-corrected chi connectivity index (χ0v) is 17.0. The number of carbonyl (C=O) groups excluding carboxylic acids is 1. The average Bonchev–Trinajstić information content (AvgIpc) is 3.40. The fraction of sp³-hybridized carbons (Fsp3) is 0.450. The van der Waals surface area contributed by atoms with Crippen molar-refractivity contribution in [2.45, 2.75) is 43.5 Å². The molecular formula is C20H24N4O4S. The zero-order valence-electron chi connectivity index (χ0n) is 16.1. The molecule has 8 nitrogen and oxygen atoms in total. The molecule has 1 N–H and O–H groups in total. The second-order valence-electron chi connectivity index (χ2n) is 7.42. The van der Waals surface area contributed by atoms with Gasteiger partial charge >= 0.3 is 0 Å². The minimum Gasteiger partial charge on any atom is -0.350 e. The van der Waals surface area contributed by atoms with E-state index < -0.39 is 10.0 Å². The summed E-state index contributed by atoms with van der Waals surface area (Å²) in [4.78, 5) is 24.6. The first kappa shape index (κ1) is 19.8. The molecule has 0 spiro atoms. The van der Waals surface area contributed by atoms with Gasteiger partial charge in [-0.2, -0.15) is 9.40 Å². The number of fused-ring (bicyclic) bond motifs is 1. The van der Waals surface area contributed by atoms with Gasteiger partial charge in [0.25, 0.3) is 11.5 Å². The van der Waals surface area contributed by atoms with Gasteiger partial charge in [0.2, 0.25) is 10.0 Å². The van der Waals surface area contributed by atoms with Crippen LogP contribution in [-0.2, 0) is 29.4 Å². The molecule has 1 aromatic heterocycles. The molecule has 2 aliphatic rings. The topological polar surface area (TPSA) is 101 Å². The molecule has 1 amide bonds. The van der Waals surface area contributed by atoms with Crippen molar-refractivity contribution in [3.8, 4) is 0 Å². The first-order valence-corrected chi connectivity index (χ1v) is 11.4. The van der Waals surface area contributed by atoms with Crippen LogP contribution >= 0.6 is 0 Å². The van der Waals surface area contributed by atoms with Gasteiger partial charge in [0.05, 0.1) is 17.1 Å². The molecule has 2 aromatic rings. The summed E-state index contributed by atoms with van der Waals surface area (Å²) in [5.74, 6) is -0.315. The van der Waals surface area contributed by atoms with Gasteiger partial charge in [-0.05, 0) is 61.9 Å². The Balaban J connectivity index is 1.36. The van der Waals surface area contributed by atoms with Crippen LogP contribution < -0.4 is 10.9 Å². The van der Waals surface area contributed by atoms with Gasteiger partial charge in [-0.25, -0.2) is 13.1 Å². The molecule has 154 valence electrons. The highest BCUT2D eigenvalue weighted by Crippen LogP contribution is 2.21. The maximum atomic E-state index is 12.5. The molecule has 1 aliphatic heterocycles. The Morgan fingerprint density at radius 1 is 1.07 bits per heavy atom. The molecule has 0 atom stereocenters. The van der Waals surface area contributed by atoms with Crippen LogP contribution in [0, 0.1) is 0 Å². The number of nitrogens with one attached hydrogen (secondary N) is 1. The van der Waals surface area contributed by atoms with E-state index in [0.29, 0.717) is 25.2 Å². The highest BCUT2D eigenvalue weighted by atomic mass is 32.2. The number of carbonyl (C=O) groups is 1. The summed E-state index contributed by atoms with van der Waals surface area (Å²) in [6.45, 7) is 1.64. The number of rotatable bonds is 6. The maximum Gasteiger partial charge on any atom is 0.267 e. The fourth-order valence-corrected chi connectivity index (χ4v) is 5.35. The SMILES string of the molecule is O=C(NCCn1nc2c(cc1=O)CCC2)c1ccc(S(=O)(=O)N2CCCC2)cc1. The van der Waals surface area contributed by atoms with Gasteiger partial charge in [0, 0.05) is 31.3 Å². The minimum atomic E-state index is -3.49. The highest BCUT2D eigenvalue weighted by Gasteiger charge is 2.27. The van der Waals surface area contributed by atoms with Gasteiger partial charge in [-0.1, -0.05) is 0 Å². The predicted molar refractivity (Wildman–Crippen MR) is 107 cm³/mol. The molecule has 4 rings (SSSR count). The smallest absolute Gasteiger partial charge is 0.267 e. The summed E-state index contributed by atoms with van der Waals surface area (Å²) >= 11 is 0. The second kappa shape index (κ2) is 8.08. The van der Waals surface area contributed by atoms with E-state index in [1.54, 1.807) is 6.07 Å². The number of benzene rings is 1. The second-order valence-corrected chi connectivity index (χ2v) is 9.36. The standard InChI is InChI=1S/C20H24N4O4S/c25-19-14-16-4-3-5-18(16)22-24(19)13-10-21-20(26)15-6-8-17(9-7-15)29(27,28)23-11-1-2-12-23/h6-9,14H,1-5,10-13H2,(H,21,26). The van der Waals surface area contributed by atoms with Crippen molar-refractivity contribution in [2.75, 3.05) is 19.6 Å². The monoisotopic (exact) mass is 416 g/mol. The normalized spacial score (nSPS) is 16.7. The van der Waals surface area contributed by atoms with E-state index >= 15 is 0 Å². The highest BCUT2D eigenvalue weighted by molar-refractivity contribution is 7.89. The Morgan fingerprint density at radius 3 is 2.52 bits per heavy atom. The quantitative estimate of drug-likeness (QED) is 0.755. The van der Waals surface area contributed by atoms with E-state index in [-0.39, 0.29) is 22.9 Å². The number of sulfonamides is 1. The summed E-state index contributed by atoms with van der Waals surface area (Å²) < 4.78 is 27.9. The van der Waals surface area contributed by atoms with E-state index in [9.17, 15) is 18.0 Å². The van der Waals surface area contributed by atoms with Crippen LogP contribution in [0.4, 0.5) is 0 Å². The van der Waals surface area contributed by atoms with E-state index in [4.69, 9.17) is 0 Å². The summed E-state index contributed by atoms with van der Waals surface area (Å²) in [6, 6.07) is 7.59. The molecule has 0 unspecified atom stereocenters. The van der Waals surface area contributed by atoms with Crippen molar-refractivity contribution >= 4 is 15.9 Å². The van der Waals surface area contributed by atoms with Gasteiger partial charge in [-0.15, -0.1) is 0 Å². The van der Waals surface area contributed by atoms with Crippen LogP contribution in [0.1, 0.15) is 40.9 Å². The number of hydrogen-bond donors (Lipinski definition) is 1. The summed E-state index contributed by atoms with van der Waals surface area (Å²) in [6.07, 6.45) is 4.56. The van der Waals surface area contributed by atoms with Crippen molar-refractivity contribution in [1.29, 1.82) is 0 Å².